The minimum Gasteiger partial charge on any atom is -0.372 e. The Bertz CT molecular complexity index is 329. The van der Waals surface area contributed by atoms with Crippen molar-refractivity contribution in [1.82, 2.24) is 10.3 Å². The summed E-state index contributed by atoms with van der Waals surface area (Å²) in [6, 6.07) is 0. The van der Waals surface area contributed by atoms with Crippen LogP contribution in [-0.4, -0.2) is 30.3 Å². The topological polar surface area (TPSA) is 60.2 Å². The highest BCUT2D eigenvalue weighted by Gasteiger charge is 2.23. The predicted molar refractivity (Wildman–Crippen MR) is 65.5 cm³/mol. The summed E-state index contributed by atoms with van der Waals surface area (Å²) in [6.45, 7) is 4.49. The van der Waals surface area contributed by atoms with Crippen LogP contribution in [-0.2, 0) is 11.3 Å². The van der Waals surface area contributed by atoms with Gasteiger partial charge in [0.1, 0.15) is 0 Å². The lowest BCUT2D eigenvalue weighted by Crippen LogP contribution is -2.28. The molecule has 2 atom stereocenters. The molecule has 1 aliphatic heterocycles. The summed E-state index contributed by atoms with van der Waals surface area (Å²) in [5.74, 6) is 0. The van der Waals surface area contributed by atoms with Crippen LogP contribution in [0.5, 0.6) is 0 Å². The molecule has 16 heavy (non-hydrogen) atoms. The van der Waals surface area contributed by atoms with Crippen LogP contribution >= 0.6 is 11.3 Å². The number of thiazole rings is 1. The molecule has 0 spiro atoms. The van der Waals surface area contributed by atoms with Gasteiger partial charge in [-0.3, -0.25) is 0 Å². The van der Waals surface area contributed by atoms with Crippen molar-refractivity contribution < 1.29 is 4.74 Å². The van der Waals surface area contributed by atoms with Crippen molar-refractivity contribution >= 4 is 11.3 Å². The van der Waals surface area contributed by atoms with E-state index in [2.05, 4.69) is 10.3 Å². The lowest BCUT2D eigenvalue weighted by atomic mass is 10.2. The molecule has 0 aromatic carbocycles. The zero-order valence-corrected chi connectivity index (χ0v) is 10.4. The van der Waals surface area contributed by atoms with Gasteiger partial charge < -0.3 is 15.8 Å². The minimum atomic E-state index is 0.275. The van der Waals surface area contributed by atoms with E-state index in [1.807, 2.05) is 12.4 Å². The minimum absolute atomic E-state index is 0.275. The van der Waals surface area contributed by atoms with Gasteiger partial charge in [-0.15, -0.1) is 11.3 Å². The van der Waals surface area contributed by atoms with Crippen molar-refractivity contribution in [3.63, 3.8) is 0 Å². The Morgan fingerprint density at radius 3 is 3.00 bits per heavy atom. The molecule has 3 N–H and O–H groups in total. The number of hydrogen-bond acceptors (Lipinski definition) is 5. The van der Waals surface area contributed by atoms with Crippen LogP contribution in [0.15, 0.2) is 5.51 Å². The molecule has 4 nitrogen and oxygen atoms in total. The molecule has 1 saturated heterocycles. The van der Waals surface area contributed by atoms with E-state index in [1.165, 1.54) is 4.88 Å². The Balaban J connectivity index is 1.67. The molecule has 0 aliphatic carbocycles. The third-order valence-electron chi connectivity index (χ3n) is 2.96. The first-order valence-corrected chi connectivity index (χ1v) is 6.62. The average Bonchev–Trinajstić information content (AvgIpc) is 2.89. The number of nitrogens with one attached hydrogen (secondary N) is 1. The summed E-state index contributed by atoms with van der Waals surface area (Å²) in [5, 5.41) is 3.42. The lowest BCUT2D eigenvalue weighted by molar-refractivity contribution is 0.0504. The van der Waals surface area contributed by atoms with Crippen LogP contribution in [0.1, 0.15) is 23.4 Å². The van der Waals surface area contributed by atoms with Crippen molar-refractivity contribution in [3.05, 3.63) is 16.1 Å². The monoisotopic (exact) mass is 241 g/mol. The smallest absolute Gasteiger partial charge is 0.0798 e. The number of nitrogens with two attached hydrogens (primary N) is 1. The van der Waals surface area contributed by atoms with Gasteiger partial charge in [0.05, 0.1) is 23.4 Å². The summed E-state index contributed by atoms with van der Waals surface area (Å²) in [6.07, 6.45) is 2.83. The number of rotatable bonds is 5. The third kappa shape index (κ3) is 3.01. The molecule has 2 unspecified atom stereocenters. The summed E-state index contributed by atoms with van der Waals surface area (Å²) >= 11 is 1.70. The Kier molecular flexibility index (Phi) is 4.29. The molecule has 0 saturated carbocycles. The van der Waals surface area contributed by atoms with Gasteiger partial charge in [-0.25, -0.2) is 4.98 Å². The highest BCUT2D eigenvalue weighted by Crippen LogP contribution is 2.18. The fourth-order valence-corrected chi connectivity index (χ4v) is 2.69. The molecule has 2 rings (SSSR count). The first-order chi connectivity index (χ1) is 7.79. The molecule has 0 bridgehead atoms. The van der Waals surface area contributed by atoms with Gasteiger partial charge in [-0.2, -0.15) is 0 Å². The number of hydrogen-bond donors (Lipinski definition) is 2. The van der Waals surface area contributed by atoms with Gasteiger partial charge in [0.25, 0.3) is 0 Å². The Morgan fingerprint density at radius 2 is 2.38 bits per heavy atom. The molecule has 0 amide bonds. The zero-order valence-electron chi connectivity index (χ0n) is 9.61. The van der Waals surface area contributed by atoms with Crippen LogP contribution in [0.3, 0.4) is 0 Å². The second kappa shape index (κ2) is 5.72. The number of nitrogens with zero attached hydrogens (tertiary/aromatic N) is 1. The van der Waals surface area contributed by atoms with E-state index in [1.54, 1.807) is 11.3 Å². The van der Waals surface area contributed by atoms with Crippen LogP contribution < -0.4 is 11.1 Å². The molecule has 5 heteroatoms. The van der Waals surface area contributed by atoms with Gasteiger partial charge in [-0.05, 0) is 19.8 Å². The number of aryl methyl sites for hydroxylation is 1. The molecular weight excluding hydrogens is 222 g/mol. The van der Waals surface area contributed by atoms with Crippen LogP contribution in [0.2, 0.25) is 0 Å². The average molecular weight is 241 g/mol. The quantitative estimate of drug-likeness (QED) is 0.809. The second-order valence-electron chi connectivity index (χ2n) is 4.18. The maximum Gasteiger partial charge on any atom is 0.0798 e. The maximum absolute atomic E-state index is 5.76. The standard InChI is InChI=1S/C11H19N3OS/c1-8-11(16-7-14-8)6-13-5-10-3-2-9(4-12)15-10/h7,9-10,13H,2-6,12H2,1H3. The van der Waals surface area contributed by atoms with Crippen molar-refractivity contribution in [3.8, 4) is 0 Å². The fourth-order valence-electron chi connectivity index (χ4n) is 1.95. The highest BCUT2D eigenvalue weighted by molar-refractivity contribution is 7.09. The molecule has 1 aliphatic rings. The van der Waals surface area contributed by atoms with Gasteiger partial charge in [0.15, 0.2) is 0 Å². The molecule has 1 fully saturated rings. The lowest BCUT2D eigenvalue weighted by Gasteiger charge is -2.12. The highest BCUT2D eigenvalue weighted by atomic mass is 32.1. The van der Waals surface area contributed by atoms with E-state index in [0.717, 1.165) is 31.6 Å². The largest absolute Gasteiger partial charge is 0.372 e. The Labute approximate surface area is 100 Å². The van der Waals surface area contributed by atoms with Crippen molar-refractivity contribution in [2.24, 2.45) is 5.73 Å². The van der Waals surface area contributed by atoms with Gasteiger partial charge in [0.2, 0.25) is 0 Å². The van der Waals surface area contributed by atoms with Gasteiger partial charge in [-0.1, -0.05) is 0 Å². The predicted octanol–water partition coefficient (Wildman–Crippen LogP) is 1.05. The van der Waals surface area contributed by atoms with E-state index < -0.39 is 0 Å². The van der Waals surface area contributed by atoms with Crippen molar-refractivity contribution in [1.29, 1.82) is 0 Å². The van der Waals surface area contributed by atoms with Crippen molar-refractivity contribution in [2.75, 3.05) is 13.1 Å². The second-order valence-corrected chi connectivity index (χ2v) is 5.12. The van der Waals surface area contributed by atoms with Crippen LogP contribution in [0.4, 0.5) is 0 Å². The molecule has 2 heterocycles. The Hall–Kier alpha value is -0.490. The third-order valence-corrected chi connectivity index (χ3v) is 3.90. The van der Waals surface area contributed by atoms with Crippen LogP contribution in [0, 0.1) is 6.92 Å². The summed E-state index contributed by atoms with van der Waals surface area (Å²) in [7, 11) is 0. The molecule has 90 valence electrons. The molecule has 1 aromatic rings. The number of aromatic nitrogens is 1. The van der Waals surface area contributed by atoms with E-state index >= 15 is 0 Å². The Morgan fingerprint density at radius 1 is 1.56 bits per heavy atom. The first-order valence-electron chi connectivity index (χ1n) is 5.74. The number of ether oxygens (including phenoxy) is 1. The zero-order chi connectivity index (χ0) is 11.4. The van der Waals surface area contributed by atoms with Crippen molar-refractivity contribution in [2.45, 2.75) is 38.5 Å². The summed E-state index contributed by atoms with van der Waals surface area (Å²) in [4.78, 5) is 5.54. The van der Waals surface area contributed by atoms with E-state index in [-0.39, 0.29) is 6.10 Å². The van der Waals surface area contributed by atoms with E-state index in [0.29, 0.717) is 12.6 Å². The molecule has 1 aromatic heterocycles. The summed E-state index contributed by atoms with van der Waals surface area (Å²) in [5.41, 5.74) is 8.59. The first kappa shape index (κ1) is 12.0. The maximum atomic E-state index is 5.76. The molecule has 0 radical (unpaired) electrons. The summed E-state index contributed by atoms with van der Waals surface area (Å²) < 4.78 is 5.76. The van der Waals surface area contributed by atoms with Gasteiger partial charge in [0, 0.05) is 24.5 Å². The SMILES string of the molecule is Cc1ncsc1CNCC1CCC(CN)O1. The van der Waals surface area contributed by atoms with E-state index in [9.17, 15) is 0 Å². The molecular formula is C11H19N3OS. The fraction of sp³-hybridized carbons (Fsp3) is 0.727. The van der Waals surface area contributed by atoms with E-state index in [4.69, 9.17) is 10.5 Å². The van der Waals surface area contributed by atoms with Crippen LogP contribution in [0.25, 0.3) is 0 Å². The van der Waals surface area contributed by atoms with Gasteiger partial charge >= 0.3 is 0 Å². The normalized spacial score (nSPS) is 25.1.